The van der Waals surface area contributed by atoms with Gasteiger partial charge in [0, 0.05) is 10.8 Å². The van der Waals surface area contributed by atoms with Crippen LogP contribution in [0.25, 0.3) is 21.5 Å². The van der Waals surface area contributed by atoms with Gasteiger partial charge in [-0.2, -0.15) is 0 Å². The number of hydrogen-bond acceptors (Lipinski definition) is 4. The Bertz CT molecular complexity index is 1370. The Labute approximate surface area is 238 Å². The van der Waals surface area contributed by atoms with Gasteiger partial charge >= 0.3 is 0 Å². The van der Waals surface area contributed by atoms with Crippen molar-refractivity contribution < 1.29 is 19.3 Å². The fraction of sp³-hybridized carbons (Fsp3) is 0.389. The number of aliphatic hydroxyl groups is 1. The summed E-state index contributed by atoms with van der Waals surface area (Å²) >= 11 is 0. The highest BCUT2D eigenvalue weighted by Crippen LogP contribution is 2.38. The highest BCUT2D eigenvalue weighted by atomic mass is 16.6. The van der Waals surface area contributed by atoms with Crippen molar-refractivity contribution >= 4 is 21.5 Å². The van der Waals surface area contributed by atoms with E-state index in [1.807, 2.05) is 54.6 Å². The molecule has 5 rings (SSSR count). The van der Waals surface area contributed by atoms with E-state index in [9.17, 15) is 5.11 Å². The Hall–Kier alpha value is -3.34. The van der Waals surface area contributed by atoms with Crippen LogP contribution < -0.4 is 9.47 Å². The Kier molecular flexibility index (Phi) is 9.75. The first-order chi connectivity index (χ1) is 19.7. The molecule has 1 aliphatic rings. The zero-order chi connectivity index (χ0) is 27.7. The van der Waals surface area contributed by atoms with Crippen molar-refractivity contribution in [2.24, 2.45) is 5.92 Å². The van der Waals surface area contributed by atoms with E-state index in [1.54, 1.807) is 0 Å². The molecule has 1 unspecified atom stereocenters. The third-order valence-corrected chi connectivity index (χ3v) is 8.18. The molecule has 0 amide bonds. The monoisotopic (exact) mass is 538 g/mol. The number of rotatable bonds is 14. The SMILES string of the molecule is C=CCCCCCCCC(C)[C@@H]1O[C@H](CO)[C@@H](Oc2cccc3ccccc23)[C@@H]1Oc1cccc2ccccc12. The second-order valence-electron chi connectivity index (χ2n) is 11.1. The smallest absolute Gasteiger partial charge is 0.166 e. The predicted molar refractivity (Wildman–Crippen MR) is 164 cm³/mol. The normalized spacial score (nSPS) is 21.4. The molecule has 1 aliphatic heterocycles. The molecule has 4 heteroatoms. The fourth-order valence-electron chi connectivity index (χ4n) is 5.98. The number of unbranched alkanes of at least 4 members (excludes halogenated alkanes) is 5. The zero-order valence-electron chi connectivity index (χ0n) is 23.6. The molecule has 0 saturated carbocycles. The molecule has 40 heavy (non-hydrogen) atoms. The molecule has 0 aromatic heterocycles. The molecule has 5 atom stereocenters. The van der Waals surface area contributed by atoms with Crippen LogP contribution in [-0.4, -0.2) is 36.1 Å². The first-order valence-corrected chi connectivity index (χ1v) is 14.9. The molecule has 0 bridgehead atoms. The van der Waals surface area contributed by atoms with E-state index in [0.717, 1.165) is 52.3 Å². The van der Waals surface area contributed by atoms with Crippen molar-refractivity contribution in [1.29, 1.82) is 0 Å². The fourth-order valence-corrected chi connectivity index (χ4v) is 5.98. The van der Waals surface area contributed by atoms with Crippen molar-refractivity contribution in [3.63, 3.8) is 0 Å². The van der Waals surface area contributed by atoms with Gasteiger partial charge in [0.25, 0.3) is 0 Å². The van der Waals surface area contributed by atoms with E-state index in [2.05, 4.69) is 49.9 Å². The maximum atomic E-state index is 10.4. The van der Waals surface area contributed by atoms with E-state index in [-0.39, 0.29) is 24.7 Å². The van der Waals surface area contributed by atoms with Gasteiger partial charge < -0.3 is 19.3 Å². The molecule has 0 radical (unpaired) electrons. The average Bonchev–Trinajstić information content (AvgIpc) is 3.33. The Morgan fingerprint density at radius 3 is 1.93 bits per heavy atom. The topological polar surface area (TPSA) is 47.9 Å². The van der Waals surface area contributed by atoms with Crippen molar-refractivity contribution in [3.05, 3.63) is 97.6 Å². The Balaban J connectivity index is 1.40. The van der Waals surface area contributed by atoms with E-state index >= 15 is 0 Å². The van der Waals surface area contributed by atoms with Crippen LogP contribution in [0.15, 0.2) is 97.6 Å². The van der Waals surface area contributed by atoms with Crippen LogP contribution >= 0.6 is 0 Å². The minimum Gasteiger partial charge on any atom is -0.483 e. The van der Waals surface area contributed by atoms with Crippen LogP contribution in [0.1, 0.15) is 51.9 Å². The van der Waals surface area contributed by atoms with Gasteiger partial charge in [-0.25, -0.2) is 0 Å². The average molecular weight is 539 g/mol. The highest BCUT2D eigenvalue weighted by Gasteiger charge is 2.49. The standard InChI is InChI=1S/C36H42O4/c1-3-4-5-6-7-8-9-16-26(2)34-36(39-32-24-15-20-28-18-11-13-22-30(28)32)35(33(25-37)40-34)38-31-23-14-19-27-17-10-12-21-29(27)31/h3,10-15,17-24,26,33-37H,1,4-9,16,25H2,2H3/t26?,33-,34+,35-,36-/m1/s1. The molecule has 0 spiro atoms. The number of fused-ring (bicyclic) bond motifs is 2. The van der Waals surface area contributed by atoms with E-state index in [1.165, 1.54) is 25.7 Å². The minimum atomic E-state index is -0.481. The van der Waals surface area contributed by atoms with Gasteiger partial charge in [0.2, 0.25) is 0 Å². The molecule has 210 valence electrons. The third-order valence-electron chi connectivity index (χ3n) is 8.18. The van der Waals surface area contributed by atoms with Gasteiger partial charge in [0.1, 0.15) is 23.7 Å². The molecular formula is C36H42O4. The quantitative estimate of drug-likeness (QED) is 0.129. The maximum absolute atomic E-state index is 10.4. The molecule has 1 saturated heterocycles. The van der Waals surface area contributed by atoms with Gasteiger partial charge in [0.15, 0.2) is 12.2 Å². The molecule has 1 heterocycles. The van der Waals surface area contributed by atoms with Gasteiger partial charge in [-0.05, 0) is 48.1 Å². The molecule has 4 aromatic rings. The van der Waals surface area contributed by atoms with Gasteiger partial charge in [0.05, 0.1) is 6.61 Å². The van der Waals surface area contributed by atoms with Crippen LogP contribution in [0, 0.1) is 5.92 Å². The lowest BCUT2D eigenvalue weighted by Gasteiger charge is -2.29. The number of ether oxygens (including phenoxy) is 3. The second-order valence-corrected chi connectivity index (χ2v) is 11.1. The first kappa shape index (κ1) is 28.2. The molecule has 1 fully saturated rings. The lowest BCUT2D eigenvalue weighted by atomic mass is 9.92. The number of allylic oxidation sites excluding steroid dienone is 1. The summed E-state index contributed by atoms with van der Waals surface area (Å²) in [6, 6.07) is 28.7. The van der Waals surface area contributed by atoms with Gasteiger partial charge in [-0.15, -0.1) is 6.58 Å². The van der Waals surface area contributed by atoms with Crippen LogP contribution in [0.4, 0.5) is 0 Å². The van der Waals surface area contributed by atoms with Gasteiger partial charge in [-0.3, -0.25) is 0 Å². The maximum Gasteiger partial charge on any atom is 0.166 e. The molecule has 4 nitrogen and oxygen atoms in total. The summed E-state index contributed by atoms with van der Waals surface area (Å²) in [5, 5.41) is 14.8. The van der Waals surface area contributed by atoms with Gasteiger partial charge in [-0.1, -0.05) is 111 Å². The lowest BCUT2D eigenvalue weighted by Crippen LogP contribution is -2.44. The second kappa shape index (κ2) is 13.8. The van der Waals surface area contributed by atoms with Crippen LogP contribution in [0.2, 0.25) is 0 Å². The zero-order valence-corrected chi connectivity index (χ0v) is 23.6. The summed E-state index contributed by atoms with van der Waals surface area (Å²) < 4.78 is 20.1. The number of aliphatic hydroxyl groups excluding tert-OH is 1. The summed E-state index contributed by atoms with van der Waals surface area (Å²) in [6.45, 7) is 5.94. The largest absolute Gasteiger partial charge is 0.483 e. The van der Waals surface area contributed by atoms with Crippen molar-refractivity contribution in [2.75, 3.05) is 6.61 Å². The summed E-state index contributed by atoms with van der Waals surface area (Å²) in [5.74, 6) is 1.85. The van der Waals surface area contributed by atoms with Crippen LogP contribution in [-0.2, 0) is 4.74 Å². The summed E-state index contributed by atoms with van der Waals surface area (Å²) in [7, 11) is 0. The van der Waals surface area contributed by atoms with Crippen LogP contribution in [0.5, 0.6) is 11.5 Å². The van der Waals surface area contributed by atoms with Crippen LogP contribution in [0.3, 0.4) is 0 Å². The van der Waals surface area contributed by atoms with E-state index < -0.39 is 12.2 Å². The highest BCUT2D eigenvalue weighted by molar-refractivity contribution is 5.89. The number of benzene rings is 4. The molecule has 0 aliphatic carbocycles. The number of hydrogen-bond donors (Lipinski definition) is 1. The van der Waals surface area contributed by atoms with E-state index in [0.29, 0.717) is 0 Å². The Morgan fingerprint density at radius 1 is 0.750 bits per heavy atom. The lowest BCUT2D eigenvalue weighted by molar-refractivity contribution is -0.0381. The third kappa shape index (κ3) is 6.51. The van der Waals surface area contributed by atoms with Crippen molar-refractivity contribution in [2.45, 2.75) is 76.3 Å². The molecule has 4 aromatic carbocycles. The molecular weight excluding hydrogens is 496 g/mol. The van der Waals surface area contributed by atoms with Crippen molar-refractivity contribution in [1.82, 2.24) is 0 Å². The summed E-state index contributed by atoms with van der Waals surface area (Å²) in [4.78, 5) is 0. The van der Waals surface area contributed by atoms with Crippen molar-refractivity contribution in [3.8, 4) is 11.5 Å². The summed E-state index contributed by atoms with van der Waals surface area (Å²) in [6.07, 6.45) is 8.71. The van der Waals surface area contributed by atoms with E-state index in [4.69, 9.17) is 14.2 Å². The minimum absolute atomic E-state index is 0.128. The molecule has 1 N–H and O–H groups in total. The predicted octanol–water partition coefficient (Wildman–Crippen LogP) is 8.50. The summed E-state index contributed by atoms with van der Waals surface area (Å²) in [5.41, 5.74) is 0. The Morgan fingerprint density at radius 2 is 1.30 bits per heavy atom. The first-order valence-electron chi connectivity index (χ1n) is 14.9.